The Morgan fingerprint density at radius 1 is 1.05 bits per heavy atom. The lowest BCUT2D eigenvalue weighted by Crippen LogP contribution is -2.37. The van der Waals surface area contributed by atoms with Gasteiger partial charge in [-0.25, -0.2) is 0 Å². The summed E-state index contributed by atoms with van der Waals surface area (Å²) in [5.41, 5.74) is 4.97. The number of aliphatic hydroxyl groups is 1. The summed E-state index contributed by atoms with van der Waals surface area (Å²) in [5.74, 6) is -7.27. The first kappa shape index (κ1) is 19.8. The highest BCUT2D eigenvalue weighted by molar-refractivity contribution is 5.93. The fourth-order valence-electron chi connectivity index (χ4n) is 1.57. The van der Waals surface area contributed by atoms with E-state index in [-0.39, 0.29) is 0 Å². The SMILES string of the molecule is N[C@@H](CC(C(=O)O)C(=O)O)C(=O)O.O=C(O)C1CC(O)CN1. The third-order valence-electron chi connectivity index (χ3n) is 2.81. The maximum absolute atomic E-state index is 10.3. The van der Waals surface area contributed by atoms with E-state index in [9.17, 15) is 19.2 Å². The zero-order valence-corrected chi connectivity index (χ0v) is 11.4. The van der Waals surface area contributed by atoms with Crippen LogP contribution in [-0.2, 0) is 19.2 Å². The second-order valence-electron chi connectivity index (χ2n) is 4.60. The summed E-state index contributed by atoms with van der Waals surface area (Å²) in [6.45, 7) is 0.400. The van der Waals surface area contributed by atoms with Crippen molar-refractivity contribution in [1.82, 2.24) is 5.32 Å². The highest BCUT2D eigenvalue weighted by Crippen LogP contribution is 2.06. The van der Waals surface area contributed by atoms with Crippen LogP contribution in [0.4, 0.5) is 0 Å². The summed E-state index contributed by atoms with van der Waals surface area (Å²) in [5, 5.41) is 44.8. The monoisotopic (exact) mass is 322 g/mol. The molecule has 1 fully saturated rings. The summed E-state index contributed by atoms with van der Waals surface area (Å²) in [7, 11) is 0. The minimum absolute atomic E-state index is 0.329. The summed E-state index contributed by atoms with van der Waals surface area (Å²) < 4.78 is 0. The average molecular weight is 322 g/mol. The predicted octanol–water partition coefficient (Wildman–Crippen LogP) is -2.63. The Hall–Kier alpha value is -2.24. The molecule has 1 rings (SSSR count). The number of nitrogens with two attached hydrogens (primary N) is 1. The largest absolute Gasteiger partial charge is 0.481 e. The van der Waals surface area contributed by atoms with Crippen LogP contribution in [0.3, 0.4) is 0 Å². The van der Waals surface area contributed by atoms with E-state index in [4.69, 9.17) is 31.3 Å². The molecule has 0 amide bonds. The molecule has 0 saturated carbocycles. The van der Waals surface area contributed by atoms with Crippen molar-refractivity contribution in [1.29, 1.82) is 0 Å². The van der Waals surface area contributed by atoms with E-state index in [1.54, 1.807) is 0 Å². The van der Waals surface area contributed by atoms with Gasteiger partial charge in [0.15, 0.2) is 5.92 Å². The van der Waals surface area contributed by atoms with Crippen molar-refractivity contribution in [2.75, 3.05) is 6.54 Å². The van der Waals surface area contributed by atoms with Gasteiger partial charge in [-0.2, -0.15) is 0 Å². The number of β-amino-alcohol motifs (C(OH)–C–C–N with tert-alkyl or cyclic N) is 1. The van der Waals surface area contributed by atoms with Crippen LogP contribution in [-0.4, -0.2) is 74.1 Å². The van der Waals surface area contributed by atoms with Gasteiger partial charge in [-0.05, 0) is 6.42 Å². The second-order valence-corrected chi connectivity index (χ2v) is 4.60. The Morgan fingerprint density at radius 3 is 1.77 bits per heavy atom. The van der Waals surface area contributed by atoms with Crippen LogP contribution in [0.5, 0.6) is 0 Å². The molecule has 1 aliphatic rings. The van der Waals surface area contributed by atoms with E-state index in [0.29, 0.717) is 13.0 Å². The summed E-state index contributed by atoms with van der Waals surface area (Å²) >= 11 is 0. The van der Waals surface area contributed by atoms with E-state index >= 15 is 0 Å². The summed E-state index contributed by atoms with van der Waals surface area (Å²) in [4.78, 5) is 40.9. The number of carboxylic acids is 4. The molecule has 0 aromatic heterocycles. The fraction of sp³-hybridized carbons (Fsp3) is 0.636. The van der Waals surface area contributed by atoms with E-state index in [2.05, 4.69) is 5.32 Å². The first-order valence-electron chi connectivity index (χ1n) is 6.14. The van der Waals surface area contributed by atoms with Crippen LogP contribution >= 0.6 is 0 Å². The molecule has 0 aromatic rings. The lowest BCUT2D eigenvalue weighted by molar-refractivity contribution is -0.155. The first-order valence-corrected chi connectivity index (χ1v) is 6.14. The molecule has 2 unspecified atom stereocenters. The van der Waals surface area contributed by atoms with Gasteiger partial charge in [0.2, 0.25) is 0 Å². The molecule has 0 spiro atoms. The van der Waals surface area contributed by atoms with E-state index in [0.717, 1.165) is 0 Å². The normalized spacial score (nSPS) is 21.6. The summed E-state index contributed by atoms with van der Waals surface area (Å²) in [6.07, 6.45) is -0.777. The third-order valence-corrected chi connectivity index (χ3v) is 2.81. The number of aliphatic carboxylic acids is 4. The minimum Gasteiger partial charge on any atom is -0.481 e. The van der Waals surface area contributed by atoms with Crippen LogP contribution in [0.25, 0.3) is 0 Å². The number of nitrogens with one attached hydrogen (secondary N) is 1. The molecular weight excluding hydrogens is 304 g/mol. The molecular formula is C11H18N2O9. The second kappa shape index (κ2) is 8.92. The molecule has 11 nitrogen and oxygen atoms in total. The zero-order chi connectivity index (χ0) is 17.4. The Morgan fingerprint density at radius 2 is 1.55 bits per heavy atom. The van der Waals surface area contributed by atoms with Crippen molar-refractivity contribution >= 4 is 23.9 Å². The quantitative estimate of drug-likeness (QED) is 0.251. The lowest BCUT2D eigenvalue weighted by atomic mass is 10.0. The van der Waals surface area contributed by atoms with E-state index in [1.165, 1.54) is 0 Å². The van der Waals surface area contributed by atoms with Gasteiger partial charge in [0.25, 0.3) is 0 Å². The van der Waals surface area contributed by atoms with Gasteiger partial charge in [0.05, 0.1) is 6.10 Å². The molecule has 0 aliphatic carbocycles. The third kappa shape index (κ3) is 6.97. The van der Waals surface area contributed by atoms with Gasteiger partial charge in [-0.15, -0.1) is 0 Å². The molecule has 0 radical (unpaired) electrons. The molecule has 22 heavy (non-hydrogen) atoms. The molecule has 3 atom stereocenters. The topological polar surface area (TPSA) is 207 Å². The number of hydrogen-bond acceptors (Lipinski definition) is 7. The Balaban J connectivity index is 0.000000425. The van der Waals surface area contributed by atoms with Gasteiger partial charge in [0, 0.05) is 13.0 Å². The predicted molar refractivity (Wildman–Crippen MR) is 69.0 cm³/mol. The number of rotatable bonds is 6. The van der Waals surface area contributed by atoms with Crippen LogP contribution in [0.2, 0.25) is 0 Å². The van der Waals surface area contributed by atoms with Crippen molar-refractivity contribution in [3.8, 4) is 0 Å². The van der Waals surface area contributed by atoms with Crippen LogP contribution < -0.4 is 11.1 Å². The van der Waals surface area contributed by atoms with Crippen LogP contribution in [0, 0.1) is 5.92 Å². The molecule has 1 heterocycles. The van der Waals surface area contributed by atoms with Crippen molar-refractivity contribution in [2.45, 2.75) is 31.0 Å². The van der Waals surface area contributed by atoms with Gasteiger partial charge in [-0.1, -0.05) is 0 Å². The molecule has 11 heteroatoms. The van der Waals surface area contributed by atoms with Crippen molar-refractivity contribution in [3.05, 3.63) is 0 Å². The summed E-state index contributed by atoms with van der Waals surface area (Å²) in [6, 6.07) is -2.02. The minimum atomic E-state index is -1.77. The van der Waals surface area contributed by atoms with Gasteiger partial charge in [0.1, 0.15) is 12.1 Å². The van der Waals surface area contributed by atoms with Gasteiger partial charge >= 0.3 is 23.9 Å². The molecule has 1 aliphatic heterocycles. The van der Waals surface area contributed by atoms with Crippen LogP contribution in [0.1, 0.15) is 12.8 Å². The van der Waals surface area contributed by atoms with Gasteiger partial charge < -0.3 is 36.6 Å². The highest BCUT2D eigenvalue weighted by atomic mass is 16.4. The molecule has 1 saturated heterocycles. The first-order chi connectivity index (χ1) is 10.1. The zero-order valence-electron chi connectivity index (χ0n) is 11.4. The Labute approximate surface area is 124 Å². The van der Waals surface area contributed by atoms with Crippen LogP contribution in [0.15, 0.2) is 0 Å². The highest BCUT2D eigenvalue weighted by Gasteiger charge is 2.30. The molecule has 8 N–H and O–H groups in total. The van der Waals surface area contributed by atoms with Crippen molar-refractivity contribution in [2.24, 2.45) is 11.7 Å². The lowest BCUT2D eigenvalue weighted by Gasteiger charge is -2.09. The number of carbonyl (C=O) groups is 4. The maximum Gasteiger partial charge on any atom is 0.320 e. The van der Waals surface area contributed by atoms with Gasteiger partial charge in [-0.3, -0.25) is 19.2 Å². The smallest absolute Gasteiger partial charge is 0.320 e. The average Bonchev–Trinajstić information content (AvgIpc) is 2.82. The fourth-order valence-corrected chi connectivity index (χ4v) is 1.57. The number of hydrogen-bond donors (Lipinski definition) is 7. The number of aliphatic hydroxyl groups excluding tert-OH is 1. The van der Waals surface area contributed by atoms with E-state index in [1.807, 2.05) is 0 Å². The van der Waals surface area contributed by atoms with E-state index < -0.39 is 54.4 Å². The Kier molecular flexibility index (Phi) is 8.01. The maximum atomic E-state index is 10.3. The molecule has 0 bridgehead atoms. The molecule has 0 aromatic carbocycles. The Bertz CT molecular complexity index is 425. The van der Waals surface area contributed by atoms with Crippen molar-refractivity contribution in [3.63, 3.8) is 0 Å². The number of carboxylic acid groups (broad SMARTS) is 4. The standard InChI is InChI=1S/C6H9NO6.C5H9NO3/c7-3(6(12)13)1-2(4(8)9)5(10)11;7-3-1-4(5(8)9)6-2-3/h2-3H,1,7H2,(H,8,9)(H,10,11)(H,12,13);3-4,6-7H,1-2H2,(H,8,9)/t3-;/m0./s1. The van der Waals surface area contributed by atoms with Crippen molar-refractivity contribution < 1.29 is 44.7 Å². The molecule has 126 valence electrons.